The maximum atomic E-state index is 14.3. The van der Waals surface area contributed by atoms with Crippen molar-refractivity contribution in [1.29, 1.82) is 5.41 Å². The monoisotopic (exact) mass is 521 g/mol. The van der Waals surface area contributed by atoms with Gasteiger partial charge in [-0.05, 0) is 24.3 Å². The Labute approximate surface area is 218 Å². The number of rotatable bonds is 4. The lowest BCUT2D eigenvalue weighted by Gasteiger charge is -2.44. The van der Waals surface area contributed by atoms with Crippen LogP contribution in [0.3, 0.4) is 0 Å². The molecular formula is C28H28BF4N5. The van der Waals surface area contributed by atoms with Gasteiger partial charge in [0.2, 0.25) is 5.96 Å². The second-order valence-electron chi connectivity index (χ2n) is 8.97. The Morgan fingerprint density at radius 1 is 0.632 bits per heavy atom. The number of hydrogen-bond donors (Lipinski definition) is 4. The molecule has 4 aromatic rings. The molecule has 0 saturated carbocycles. The first-order valence-corrected chi connectivity index (χ1v) is 11.7. The first kappa shape index (κ1) is 28.1. The smallest absolute Gasteiger partial charge is 0.300 e. The van der Waals surface area contributed by atoms with Crippen LogP contribution in [-0.4, -0.2) is 32.2 Å². The van der Waals surface area contributed by atoms with Crippen molar-refractivity contribution < 1.29 is 22.5 Å². The van der Waals surface area contributed by atoms with Crippen molar-refractivity contribution in [3.05, 3.63) is 120 Å². The van der Waals surface area contributed by atoms with Crippen molar-refractivity contribution >= 4 is 39.9 Å². The number of hydrogen-bond acceptors (Lipinski definition) is 1. The summed E-state index contributed by atoms with van der Waals surface area (Å²) < 4.78 is 57.1. The molecule has 0 heterocycles. The van der Waals surface area contributed by atoms with Gasteiger partial charge in [0.1, 0.15) is 29.4 Å². The summed E-state index contributed by atoms with van der Waals surface area (Å²) in [6.45, 7) is 0. The van der Waals surface area contributed by atoms with Crippen LogP contribution in [0.1, 0.15) is 0 Å². The number of aliphatic imine (C=N–C) groups is 1. The minimum atomic E-state index is -2.25. The number of quaternary nitrogens is 1. The van der Waals surface area contributed by atoms with Crippen LogP contribution in [0.5, 0.6) is 0 Å². The summed E-state index contributed by atoms with van der Waals surface area (Å²) in [6, 6.07) is 23.5. The second-order valence-corrected chi connectivity index (χ2v) is 8.97. The molecule has 0 unspecified atom stereocenters. The van der Waals surface area contributed by atoms with Crippen LogP contribution in [0, 0.1) is 28.7 Å². The first-order valence-electron chi connectivity index (χ1n) is 11.7. The summed E-state index contributed by atoms with van der Waals surface area (Å²) in [5.41, 5.74) is 12.2. The summed E-state index contributed by atoms with van der Waals surface area (Å²) in [4.78, 5) is 4.36. The molecule has 0 aliphatic rings. The molecule has 6 N–H and O–H groups in total. The average Bonchev–Trinajstić information content (AvgIpc) is 2.85. The Hall–Kier alpha value is -4.44. The molecule has 0 amide bonds. The number of nitrogens with two attached hydrogens (primary N) is 2. The maximum absolute atomic E-state index is 14.3. The van der Waals surface area contributed by atoms with E-state index in [2.05, 4.69) is 4.99 Å². The molecule has 0 aliphatic heterocycles. The normalized spacial score (nSPS) is 11.6. The van der Waals surface area contributed by atoms with E-state index in [1.165, 1.54) is 48.5 Å². The number of guanidine groups is 2. The van der Waals surface area contributed by atoms with Gasteiger partial charge in [0.15, 0.2) is 0 Å². The number of benzene rings is 4. The highest BCUT2D eigenvalue weighted by molar-refractivity contribution is 7.19. The molecule has 196 valence electrons. The minimum absolute atomic E-state index is 0.256. The van der Waals surface area contributed by atoms with Gasteiger partial charge in [0.05, 0.1) is 14.1 Å². The third-order valence-electron chi connectivity index (χ3n) is 6.15. The van der Waals surface area contributed by atoms with Crippen LogP contribution >= 0.6 is 0 Å². The number of nitrogens with one attached hydrogen (secondary N) is 2. The van der Waals surface area contributed by atoms with Gasteiger partial charge in [-0.25, -0.2) is 17.6 Å². The molecule has 0 bridgehead atoms. The molecule has 0 saturated heterocycles. The van der Waals surface area contributed by atoms with Crippen molar-refractivity contribution in [2.75, 3.05) is 14.1 Å². The van der Waals surface area contributed by atoms with Crippen LogP contribution in [0.2, 0.25) is 0 Å². The zero-order valence-electron chi connectivity index (χ0n) is 20.9. The minimum Gasteiger partial charge on any atom is -0.368 e. The van der Waals surface area contributed by atoms with E-state index in [1.54, 1.807) is 48.5 Å². The predicted molar refractivity (Wildman–Crippen MR) is 146 cm³/mol. The van der Waals surface area contributed by atoms with E-state index in [0.717, 1.165) is 4.90 Å². The molecule has 0 spiro atoms. The molecule has 0 aromatic heterocycles. The van der Waals surface area contributed by atoms with Gasteiger partial charge in [-0.3, -0.25) is 10.3 Å². The molecular weight excluding hydrogens is 493 g/mol. The Morgan fingerprint density at radius 2 is 0.921 bits per heavy atom. The highest BCUT2D eigenvalue weighted by Gasteiger charge is 2.32. The lowest BCUT2D eigenvalue weighted by atomic mass is 9.13. The van der Waals surface area contributed by atoms with E-state index >= 15 is 0 Å². The van der Waals surface area contributed by atoms with Crippen molar-refractivity contribution in [2.45, 2.75) is 0 Å². The van der Waals surface area contributed by atoms with Crippen LogP contribution in [-0.2, 0) is 0 Å². The van der Waals surface area contributed by atoms with Gasteiger partial charge in [-0.1, -0.05) is 72.8 Å². The molecule has 4 rings (SSSR count). The summed E-state index contributed by atoms with van der Waals surface area (Å²) in [6.07, 6.45) is -2.25. The quantitative estimate of drug-likeness (QED) is 0.140. The zero-order chi connectivity index (χ0) is 27.9. The molecule has 0 atom stereocenters. The van der Waals surface area contributed by atoms with E-state index in [-0.39, 0.29) is 5.96 Å². The van der Waals surface area contributed by atoms with E-state index in [9.17, 15) is 17.6 Å². The summed E-state index contributed by atoms with van der Waals surface area (Å²) in [5.74, 6) is -1.89. The van der Waals surface area contributed by atoms with E-state index in [4.69, 9.17) is 16.9 Å². The van der Waals surface area contributed by atoms with Gasteiger partial charge < -0.3 is 11.5 Å². The first-order chi connectivity index (χ1) is 18.0. The van der Waals surface area contributed by atoms with Crippen LogP contribution in [0.25, 0.3) is 0 Å². The lowest BCUT2D eigenvalue weighted by Crippen LogP contribution is -3.10. The van der Waals surface area contributed by atoms with Gasteiger partial charge in [0, 0.05) is 0 Å². The molecule has 0 fully saturated rings. The molecule has 0 radical (unpaired) electrons. The Kier molecular flexibility index (Phi) is 9.04. The number of halogens is 4. The fraction of sp³-hybridized carbons (Fsp3) is 0.0714. The fourth-order valence-electron chi connectivity index (χ4n) is 4.50. The molecule has 0 aliphatic carbocycles. The summed E-state index contributed by atoms with van der Waals surface area (Å²) in [7, 11) is 3.61. The van der Waals surface area contributed by atoms with Crippen molar-refractivity contribution in [2.24, 2.45) is 16.5 Å². The maximum Gasteiger partial charge on any atom is 0.300 e. The van der Waals surface area contributed by atoms with E-state index in [0.29, 0.717) is 27.8 Å². The SMILES string of the molecule is C[NH+](C)C(N)=NC(=N)N.Fc1cccc([B-](c2cccc(F)c2)(c2cccc(F)c2)c2cccc(F)c2)c1. The highest BCUT2D eigenvalue weighted by Crippen LogP contribution is 2.13. The summed E-state index contributed by atoms with van der Waals surface area (Å²) in [5, 5.41) is 6.72. The Bertz CT molecular complexity index is 1270. The van der Waals surface area contributed by atoms with Crippen molar-refractivity contribution in [3.63, 3.8) is 0 Å². The standard InChI is InChI=1S/C24H16BF4.C4H11N5/c26-21-9-1-5-17(13-21)25(18-6-2-10-22(27)14-18,19-7-3-11-23(28)15-19)20-8-4-12-24(29)16-20;1-9(2)4(7)8-3(5)6/h1-16H;1-2H3,(H5,5,6,7,8)/q-1;/p+1. The van der Waals surface area contributed by atoms with Gasteiger partial charge >= 0.3 is 5.96 Å². The van der Waals surface area contributed by atoms with Gasteiger partial charge in [-0.15, -0.1) is 4.99 Å². The number of nitrogens with zero attached hydrogens (tertiary/aromatic N) is 1. The highest BCUT2D eigenvalue weighted by atomic mass is 19.1. The van der Waals surface area contributed by atoms with E-state index < -0.39 is 29.4 Å². The molecule has 5 nitrogen and oxygen atoms in total. The average molecular weight is 521 g/mol. The molecule has 38 heavy (non-hydrogen) atoms. The van der Waals surface area contributed by atoms with Crippen molar-refractivity contribution in [1.82, 2.24) is 0 Å². The zero-order valence-corrected chi connectivity index (χ0v) is 20.9. The second kappa shape index (κ2) is 12.2. The van der Waals surface area contributed by atoms with Crippen molar-refractivity contribution in [3.8, 4) is 0 Å². The van der Waals surface area contributed by atoms with Gasteiger partial charge in [-0.2, -0.15) is 21.9 Å². The van der Waals surface area contributed by atoms with Crippen LogP contribution in [0.4, 0.5) is 17.6 Å². The Balaban J connectivity index is 0.000000383. The topological polar surface area (TPSA) is 92.7 Å². The fourth-order valence-corrected chi connectivity index (χ4v) is 4.50. The Morgan fingerprint density at radius 3 is 1.11 bits per heavy atom. The van der Waals surface area contributed by atoms with E-state index in [1.807, 2.05) is 14.1 Å². The van der Waals surface area contributed by atoms with Crippen LogP contribution < -0.4 is 38.2 Å². The summed E-state index contributed by atoms with van der Waals surface area (Å²) >= 11 is 0. The third kappa shape index (κ3) is 6.46. The van der Waals surface area contributed by atoms with Gasteiger partial charge in [0.25, 0.3) is 0 Å². The molecule has 4 aromatic carbocycles. The third-order valence-corrected chi connectivity index (χ3v) is 6.15. The lowest BCUT2D eigenvalue weighted by molar-refractivity contribution is -0.759. The largest absolute Gasteiger partial charge is 0.368 e. The predicted octanol–water partition coefficient (Wildman–Crippen LogP) is 0.959. The molecule has 10 heteroatoms. The van der Waals surface area contributed by atoms with Crippen LogP contribution in [0.15, 0.2) is 102 Å².